The number of nitrogens with zero attached hydrogens (tertiary/aromatic N) is 2. The van der Waals surface area contributed by atoms with E-state index in [1.54, 1.807) is 7.05 Å². The Balaban J connectivity index is 0.00000392. The highest BCUT2D eigenvalue weighted by Crippen LogP contribution is 2.10. The molecule has 6 nitrogen and oxygen atoms in total. The number of hydrogen-bond donors (Lipinski definition) is 2. The highest BCUT2D eigenvalue weighted by molar-refractivity contribution is 14.0. The first-order valence-corrected chi connectivity index (χ1v) is 9.04. The topological polar surface area (TPSA) is 66.0 Å². The van der Waals surface area contributed by atoms with E-state index in [-0.39, 0.29) is 29.9 Å². The van der Waals surface area contributed by atoms with Crippen LogP contribution in [0, 0.1) is 0 Å². The maximum Gasteiger partial charge on any atom is 0.221 e. The minimum atomic E-state index is -0.0625. The van der Waals surface area contributed by atoms with Gasteiger partial charge < -0.3 is 20.3 Å². The predicted octanol–water partition coefficient (Wildman–Crippen LogP) is 3.39. The molecule has 0 fully saturated rings. The van der Waals surface area contributed by atoms with Gasteiger partial charge in [0, 0.05) is 33.3 Å². The van der Waals surface area contributed by atoms with Crippen LogP contribution in [-0.4, -0.2) is 50.6 Å². The monoisotopic (exact) mass is 496 g/mol. The van der Waals surface area contributed by atoms with E-state index in [0.29, 0.717) is 6.61 Å². The van der Waals surface area contributed by atoms with Gasteiger partial charge in [0.2, 0.25) is 5.91 Å². The van der Waals surface area contributed by atoms with Crippen molar-refractivity contribution in [3.8, 4) is 5.75 Å². The third-order valence-corrected chi connectivity index (χ3v) is 3.98. The molecule has 0 aliphatic heterocycles. The van der Waals surface area contributed by atoms with Crippen LogP contribution in [0.15, 0.2) is 59.6 Å². The molecule has 2 rings (SSSR count). The highest BCUT2D eigenvalue weighted by Gasteiger charge is 2.06. The molecule has 7 heteroatoms. The first-order valence-electron chi connectivity index (χ1n) is 9.04. The number of amides is 1. The molecule has 0 aromatic heterocycles. The molecule has 152 valence electrons. The van der Waals surface area contributed by atoms with E-state index in [2.05, 4.69) is 15.6 Å². The number of carbonyl (C=O) groups excluding carboxylic acids is 1. The third-order valence-electron chi connectivity index (χ3n) is 3.98. The molecule has 0 heterocycles. The van der Waals surface area contributed by atoms with Gasteiger partial charge in [-0.05, 0) is 36.2 Å². The highest BCUT2D eigenvalue weighted by atomic mass is 127. The summed E-state index contributed by atoms with van der Waals surface area (Å²) in [7, 11) is 3.77. The summed E-state index contributed by atoms with van der Waals surface area (Å²) < 4.78 is 5.73. The molecule has 0 saturated heterocycles. The summed E-state index contributed by atoms with van der Waals surface area (Å²) in [5.41, 5.74) is 2.01. The number of likely N-dealkylation sites (N-methyl/N-ethyl adjacent to an activating group) is 1. The first-order chi connectivity index (χ1) is 13.1. The lowest BCUT2D eigenvalue weighted by molar-refractivity contribution is -0.114. The number of nitrogens with one attached hydrogen (secondary N) is 2. The fourth-order valence-electron chi connectivity index (χ4n) is 2.58. The zero-order valence-corrected chi connectivity index (χ0v) is 19.0. The normalized spacial score (nSPS) is 10.6. The van der Waals surface area contributed by atoms with Crippen molar-refractivity contribution in [2.75, 3.05) is 39.1 Å². The Kier molecular flexibility index (Phi) is 11.0. The fourth-order valence-corrected chi connectivity index (χ4v) is 2.58. The number of halogens is 1. The molecule has 0 saturated carbocycles. The fraction of sp³-hybridized carbons (Fsp3) is 0.333. The van der Waals surface area contributed by atoms with E-state index < -0.39 is 0 Å². The van der Waals surface area contributed by atoms with Crippen LogP contribution in [0.3, 0.4) is 0 Å². The van der Waals surface area contributed by atoms with Gasteiger partial charge >= 0.3 is 0 Å². The molecule has 0 aliphatic rings. The third kappa shape index (κ3) is 8.60. The van der Waals surface area contributed by atoms with Crippen molar-refractivity contribution >= 4 is 41.5 Å². The summed E-state index contributed by atoms with van der Waals surface area (Å²) in [6.45, 7) is 3.60. The average molecular weight is 496 g/mol. The Bertz CT molecular complexity index is 736. The molecule has 0 radical (unpaired) electrons. The molecule has 2 N–H and O–H groups in total. The molecule has 0 unspecified atom stereocenters. The number of ether oxygens (including phenoxy) is 1. The summed E-state index contributed by atoms with van der Waals surface area (Å²) in [4.78, 5) is 17.4. The zero-order valence-electron chi connectivity index (χ0n) is 16.6. The molecule has 28 heavy (non-hydrogen) atoms. The van der Waals surface area contributed by atoms with Gasteiger partial charge in [0.05, 0.1) is 6.54 Å². The van der Waals surface area contributed by atoms with Crippen molar-refractivity contribution in [3.63, 3.8) is 0 Å². The molecular weight excluding hydrogens is 467 g/mol. The van der Waals surface area contributed by atoms with Crippen molar-refractivity contribution in [1.82, 2.24) is 10.2 Å². The van der Waals surface area contributed by atoms with Crippen LogP contribution >= 0.6 is 24.0 Å². The number of aliphatic imine (C=N–C) groups is 1. The largest absolute Gasteiger partial charge is 0.492 e. The molecular formula is C21H29IN4O2. The Morgan fingerprint density at radius 3 is 2.39 bits per heavy atom. The second-order valence-corrected chi connectivity index (χ2v) is 6.19. The Morgan fingerprint density at radius 1 is 1.11 bits per heavy atom. The number of anilines is 1. The molecule has 2 aromatic carbocycles. The average Bonchev–Trinajstić information content (AvgIpc) is 2.67. The van der Waals surface area contributed by atoms with Crippen LogP contribution in [0.4, 0.5) is 5.69 Å². The lowest BCUT2D eigenvalue weighted by Crippen LogP contribution is -2.41. The van der Waals surface area contributed by atoms with E-state index >= 15 is 0 Å². The van der Waals surface area contributed by atoms with Crippen molar-refractivity contribution in [3.05, 3.63) is 60.2 Å². The summed E-state index contributed by atoms with van der Waals surface area (Å²) in [6.07, 6.45) is 0.869. The van der Waals surface area contributed by atoms with Crippen LogP contribution in [-0.2, 0) is 11.2 Å². The molecule has 1 amide bonds. The van der Waals surface area contributed by atoms with Crippen LogP contribution in [0.2, 0.25) is 0 Å². The van der Waals surface area contributed by atoms with Gasteiger partial charge in [0.1, 0.15) is 12.4 Å². The van der Waals surface area contributed by atoms with Gasteiger partial charge in [-0.3, -0.25) is 9.79 Å². The van der Waals surface area contributed by atoms with Gasteiger partial charge in [-0.15, -0.1) is 24.0 Å². The summed E-state index contributed by atoms with van der Waals surface area (Å²) in [5, 5.41) is 6.13. The Hall–Kier alpha value is -2.29. The number of rotatable bonds is 8. The van der Waals surface area contributed by atoms with E-state index in [9.17, 15) is 4.79 Å². The van der Waals surface area contributed by atoms with Crippen molar-refractivity contribution in [1.29, 1.82) is 0 Å². The minimum Gasteiger partial charge on any atom is -0.492 e. The summed E-state index contributed by atoms with van der Waals surface area (Å²) in [6, 6.07) is 17.7. The lowest BCUT2D eigenvalue weighted by Gasteiger charge is -2.22. The van der Waals surface area contributed by atoms with Gasteiger partial charge in [0.15, 0.2) is 5.96 Å². The van der Waals surface area contributed by atoms with Gasteiger partial charge in [0.25, 0.3) is 0 Å². The maximum atomic E-state index is 11.0. The molecule has 0 atom stereocenters. The van der Waals surface area contributed by atoms with Gasteiger partial charge in [-0.25, -0.2) is 0 Å². The molecule has 0 spiro atoms. The van der Waals surface area contributed by atoms with E-state index in [4.69, 9.17) is 4.74 Å². The quantitative estimate of drug-likeness (QED) is 0.334. The van der Waals surface area contributed by atoms with E-state index in [0.717, 1.165) is 36.9 Å². The van der Waals surface area contributed by atoms with Crippen LogP contribution in [0.5, 0.6) is 5.75 Å². The maximum absolute atomic E-state index is 11.0. The van der Waals surface area contributed by atoms with E-state index in [1.165, 1.54) is 12.5 Å². The van der Waals surface area contributed by atoms with Crippen LogP contribution in [0.25, 0.3) is 0 Å². The van der Waals surface area contributed by atoms with Crippen LogP contribution < -0.4 is 15.4 Å². The van der Waals surface area contributed by atoms with Gasteiger partial charge in [-0.1, -0.05) is 30.3 Å². The first kappa shape index (κ1) is 23.7. The summed E-state index contributed by atoms with van der Waals surface area (Å²) >= 11 is 0. The second-order valence-electron chi connectivity index (χ2n) is 6.19. The van der Waals surface area contributed by atoms with Crippen molar-refractivity contribution in [2.45, 2.75) is 13.3 Å². The standard InChI is InChI=1S/C21H28N4O2.HI/c1-17(26)24-19-11-9-18(10-12-19)13-14-23-21(22-2)25(3)15-16-27-20-7-5-4-6-8-20;/h4-12H,13-16H2,1-3H3,(H,22,23)(H,24,26);1H. The zero-order chi connectivity index (χ0) is 19.5. The minimum absolute atomic E-state index is 0. The molecule has 0 aliphatic carbocycles. The van der Waals surface area contributed by atoms with Crippen molar-refractivity contribution < 1.29 is 9.53 Å². The lowest BCUT2D eigenvalue weighted by atomic mass is 10.1. The Morgan fingerprint density at radius 2 is 1.79 bits per heavy atom. The second kappa shape index (κ2) is 13.0. The van der Waals surface area contributed by atoms with Crippen molar-refractivity contribution in [2.24, 2.45) is 4.99 Å². The number of carbonyl (C=O) groups is 1. The van der Waals surface area contributed by atoms with Crippen LogP contribution in [0.1, 0.15) is 12.5 Å². The predicted molar refractivity (Wildman–Crippen MR) is 126 cm³/mol. The smallest absolute Gasteiger partial charge is 0.221 e. The number of hydrogen-bond acceptors (Lipinski definition) is 3. The van der Waals surface area contributed by atoms with E-state index in [1.807, 2.05) is 66.5 Å². The number of benzene rings is 2. The number of para-hydroxylation sites is 1. The summed E-state index contributed by atoms with van der Waals surface area (Å²) in [5.74, 6) is 1.64. The Labute approximate surface area is 184 Å². The SMILES string of the molecule is CN=C(NCCc1ccc(NC(C)=O)cc1)N(C)CCOc1ccccc1.I. The van der Waals surface area contributed by atoms with Gasteiger partial charge in [-0.2, -0.15) is 0 Å². The molecule has 2 aromatic rings. The number of guanidine groups is 1. The molecule has 0 bridgehead atoms.